The number of hydrogen-bond donors (Lipinski definition) is 2. The molecule has 0 bridgehead atoms. The molecule has 1 amide bonds. The zero-order chi connectivity index (χ0) is 15.5. The predicted octanol–water partition coefficient (Wildman–Crippen LogP) is 2.07. The monoisotopic (exact) mass is 298 g/mol. The summed E-state index contributed by atoms with van der Waals surface area (Å²) in [5.74, 6) is 1.32. The quantitative estimate of drug-likeness (QED) is 0.852. The molecule has 0 spiro atoms. The summed E-state index contributed by atoms with van der Waals surface area (Å²) < 4.78 is 5.14. The van der Waals surface area contributed by atoms with Crippen LogP contribution in [0.2, 0.25) is 0 Å². The number of rotatable bonds is 6. The molecule has 1 aliphatic rings. The molecule has 0 saturated heterocycles. The lowest BCUT2D eigenvalue weighted by molar-refractivity contribution is 0.0995. The third kappa shape index (κ3) is 3.33. The molecular formula is C16H18N4O2. The number of carbonyl (C=O) groups is 1. The van der Waals surface area contributed by atoms with Gasteiger partial charge in [-0.25, -0.2) is 9.97 Å². The Balaban J connectivity index is 1.91. The summed E-state index contributed by atoms with van der Waals surface area (Å²) in [5, 5.41) is 3.18. The van der Waals surface area contributed by atoms with Gasteiger partial charge < -0.3 is 15.8 Å². The minimum absolute atomic E-state index is 0.208. The summed E-state index contributed by atoms with van der Waals surface area (Å²) in [6, 6.07) is 9.07. The molecule has 1 aromatic heterocycles. The first-order chi connectivity index (χ1) is 10.7. The zero-order valence-electron chi connectivity index (χ0n) is 12.4. The van der Waals surface area contributed by atoms with Crippen molar-refractivity contribution in [1.29, 1.82) is 0 Å². The molecule has 3 N–H and O–H groups in total. The van der Waals surface area contributed by atoms with Gasteiger partial charge in [-0.05, 0) is 49.1 Å². The second-order valence-electron chi connectivity index (χ2n) is 5.38. The number of primary amides is 1. The highest BCUT2D eigenvalue weighted by Gasteiger charge is 2.21. The van der Waals surface area contributed by atoms with Crippen LogP contribution >= 0.6 is 0 Å². The maximum Gasteiger partial charge on any atom is 0.267 e. The first-order valence-corrected chi connectivity index (χ1v) is 7.23. The zero-order valence-corrected chi connectivity index (χ0v) is 12.4. The molecule has 0 atom stereocenters. The van der Waals surface area contributed by atoms with Crippen molar-refractivity contribution >= 4 is 11.9 Å². The molecule has 6 nitrogen and oxygen atoms in total. The second kappa shape index (κ2) is 6.01. The molecular weight excluding hydrogens is 280 g/mol. The topological polar surface area (TPSA) is 90.1 Å². The van der Waals surface area contributed by atoms with Crippen LogP contribution in [0.15, 0.2) is 30.3 Å². The Morgan fingerprint density at radius 3 is 2.64 bits per heavy atom. The SMILES string of the molecule is COc1ccc(-c2cc(C(N)=O)nc(NCC3CC3)n2)cc1. The average molecular weight is 298 g/mol. The largest absolute Gasteiger partial charge is 0.497 e. The number of anilines is 1. The molecule has 6 heteroatoms. The summed E-state index contributed by atoms with van der Waals surface area (Å²) in [6.07, 6.45) is 2.46. The van der Waals surface area contributed by atoms with Gasteiger partial charge in [0.1, 0.15) is 11.4 Å². The molecule has 3 rings (SSSR count). The smallest absolute Gasteiger partial charge is 0.267 e. The van der Waals surface area contributed by atoms with Crippen LogP contribution in [0.3, 0.4) is 0 Å². The lowest BCUT2D eigenvalue weighted by atomic mass is 10.1. The minimum Gasteiger partial charge on any atom is -0.497 e. The number of carbonyl (C=O) groups excluding carboxylic acids is 1. The van der Waals surface area contributed by atoms with E-state index >= 15 is 0 Å². The van der Waals surface area contributed by atoms with Crippen molar-refractivity contribution in [2.45, 2.75) is 12.8 Å². The van der Waals surface area contributed by atoms with Gasteiger partial charge in [-0.1, -0.05) is 0 Å². The van der Waals surface area contributed by atoms with Crippen LogP contribution in [0.1, 0.15) is 23.3 Å². The van der Waals surface area contributed by atoms with Gasteiger partial charge >= 0.3 is 0 Å². The lowest BCUT2D eigenvalue weighted by Gasteiger charge is -2.09. The molecule has 22 heavy (non-hydrogen) atoms. The number of nitrogens with two attached hydrogens (primary N) is 1. The number of ether oxygens (including phenoxy) is 1. The molecule has 1 aliphatic carbocycles. The second-order valence-corrected chi connectivity index (χ2v) is 5.38. The fourth-order valence-corrected chi connectivity index (χ4v) is 2.12. The molecule has 1 aromatic carbocycles. The molecule has 114 valence electrons. The van der Waals surface area contributed by atoms with E-state index in [2.05, 4.69) is 15.3 Å². The lowest BCUT2D eigenvalue weighted by Crippen LogP contribution is -2.16. The number of amides is 1. The van der Waals surface area contributed by atoms with Crippen molar-refractivity contribution in [2.24, 2.45) is 11.7 Å². The summed E-state index contributed by atoms with van der Waals surface area (Å²) in [6.45, 7) is 0.824. The fraction of sp³-hybridized carbons (Fsp3) is 0.312. The van der Waals surface area contributed by atoms with E-state index in [1.165, 1.54) is 12.8 Å². The highest BCUT2D eigenvalue weighted by molar-refractivity contribution is 5.92. The third-order valence-corrected chi connectivity index (χ3v) is 3.61. The van der Waals surface area contributed by atoms with Crippen molar-refractivity contribution in [2.75, 3.05) is 19.0 Å². The Labute approximate surface area is 128 Å². The predicted molar refractivity (Wildman–Crippen MR) is 83.8 cm³/mol. The van der Waals surface area contributed by atoms with E-state index in [-0.39, 0.29) is 5.69 Å². The summed E-state index contributed by atoms with van der Waals surface area (Å²) in [7, 11) is 1.62. The number of methoxy groups -OCH3 is 1. The van der Waals surface area contributed by atoms with Gasteiger partial charge in [-0.15, -0.1) is 0 Å². The Morgan fingerprint density at radius 2 is 2.05 bits per heavy atom. The van der Waals surface area contributed by atoms with Crippen LogP contribution in [0.25, 0.3) is 11.3 Å². The first-order valence-electron chi connectivity index (χ1n) is 7.23. The first kappa shape index (κ1) is 14.3. The number of nitrogens with one attached hydrogen (secondary N) is 1. The van der Waals surface area contributed by atoms with Crippen LogP contribution in [-0.4, -0.2) is 29.5 Å². The summed E-state index contributed by atoms with van der Waals surface area (Å²) in [4.78, 5) is 20.1. The van der Waals surface area contributed by atoms with Crippen molar-refractivity contribution in [3.8, 4) is 17.0 Å². The molecule has 1 heterocycles. The van der Waals surface area contributed by atoms with Gasteiger partial charge in [-0.3, -0.25) is 4.79 Å². The van der Waals surface area contributed by atoms with Crippen molar-refractivity contribution in [1.82, 2.24) is 9.97 Å². The van der Waals surface area contributed by atoms with Crippen molar-refractivity contribution in [3.05, 3.63) is 36.0 Å². The van der Waals surface area contributed by atoms with Crippen LogP contribution in [0.5, 0.6) is 5.75 Å². The van der Waals surface area contributed by atoms with Gasteiger partial charge in [0.15, 0.2) is 0 Å². The number of nitrogens with zero attached hydrogens (tertiary/aromatic N) is 2. The van der Waals surface area contributed by atoms with E-state index in [9.17, 15) is 4.79 Å². The summed E-state index contributed by atoms with van der Waals surface area (Å²) in [5.41, 5.74) is 7.11. The van der Waals surface area contributed by atoms with Crippen LogP contribution < -0.4 is 15.8 Å². The highest BCUT2D eigenvalue weighted by atomic mass is 16.5. The molecule has 2 aromatic rings. The van der Waals surface area contributed by atoms with E-state index in [1.807, 2.05) is 24.3 Å². The van der Waals surface area contributed by atoms with Gasteiger partial charge in [0.2, 0.25) is 5.95 Å². The molecule has 0 radical (unpaired) electrons. The average Bonchev–Trinajstić information content (AvgIpc) is 3.37. The number of benzene rings is 1. The van der Waals surface area contributed by atoms with Crippen LogP contribution in [-0.2, 0) is 0 Å². The minimum atomic E-state index is -0.563. The maximum absolute atomic E-state index is 11.5. The van der Waals surface area contributed by atoms with E-state index in [4.69, 9.17) is 10.5 Å². The third-order valence-electron chi connectivity index (χ3n) is 3.61. The fourth-order valence-electron chi connectivity index (χ4n) is 2.12. The van der Waals surface area contributed by atoms with Gasteiger partial charge in [0, 0.05) is 12.1 Å². The van der Waals surface area contributed by atoms with Crippen LogP contribution in [0.4, 0.5) is 5.95 Å². The van der Waals surface area contributed by atoms with Gasteiger partial charge in [0.05, 0.1) is 12.8 Å². The van der Waals surface area contributed by atoms with Crippen LogP contribution in [0, 0.1) is 5.92 Å². The van der Waals surface area contributed by atoms with Crippen molar-refractivity contribution in [3.63, 3.8) is 0 Å². The Bertz CT molecular complexity index is 681. The van der Waals surface area contributed by atoms with E-state index in [0.717, 1.165) is 17.9 Å². The Morgan fingerprint density at radius 1 is 1.32 bits per heavy atom. The highest BCUT2D eigenvalue weighted by Crippen LogP contribution is 2.29. The Kier molecular flexibility index (Phi) is 3.91. The standard InChI is InChI=1S/C16H18N4O2/c1-22-12-6-4-11(5-7-12)13-8-14(15(17)21)20-16(19-13)18-9-10-2-3-10/h4-8,10H,2-3,9H2,1H3,(H2,17,21)(H,18,19,20). The number of hydrogen-bond acceptors (Lipinski definition) is 5. The molecule has 0 aliphatic heterocycles. The van der Waals surface area contributed by atoms with Gasteiger partial charge in [-0.2, -0.15) is 0 Å². The Hall–Kier alpha value is -2.63. The van der Waals surface area contributed by atoms with E-state index in [1.54, 1.807) is 13.2 Å². The maximum atomic E-state index is 11.5. The van der Waals surface area contributed by atoms with E-state index < -0.39 is 5.91 Å². The molecule has 0 unspecified atom stereocenters. The van der Waals surface area contributed by atoms with Gasteiger partial charge in [0.25, 0.3) is 5.91 Å². The number of aromatic nitrogens is 2. The normalized spacial score (nSPS) is 13.7. The van der Waals surface area contributed by atoms with E-state index in [0.29, 0.717) is 17.6 Å². The van der Waals surface area contributed by atoms with Crippen molar-refractivity contribution < 1.29 is 9.53 Å². The molecule has 1 saturated carbocycles. The summed E-state index contributed by atoms with van der Waals surface area (Å²) >= 11 is 0. The molecule has 1 fully saturated rings.